The molecule has 4 aliphatic rings. The molecule has 4 aromatic heterocycles. The molecule has 1 N–H and O–H groups in total. The normalized spacial score (nSPS) is 19.0. The van der Waals surface area contributed by atoms with Crippen LogP contribution in [0.15, 0.2) is 85.7 Å². The lowest BCUT2D eigenvalue weighted by Gasteiger charge is -2.25. The van der Waals surface area contributed by atoms with Crippen LogP contribution >= 0.6 is 22.6 Å². The highest BCUT2D eigenvalue weighted by molar-refractivity contribution is 14.1. The Morgan fingerprint density at radius 1 is 0.653 bits per heavy atom. The summed E-state index contributed by atoms with van der Waals surface area (Å²) in [4.78, 5) is 7.93. The summed E-state index contributed by atoms with van der Waals surface area (Å²) in [6.45, 7) is 2.86. The average Bonchev–Trinajstić information content (AvgIpc) is 3.92. The molecule has 49 heavy (non-hydrogen) atoms. The van der Waals surface area contributed by atoms with E-state index in [9.17, 15) is 0 Å². The van der Waals surface area contributed by atoms with Crippen LogP contribution in [-0.2, 0) is 44.6 Å². The summed E-state index contributed by atoms with van der Waals surface area (Å²) in [5.41, 5.74) is 8.77. The molecule has 2 fully saturated rings. The maximum absolute atomic E-state index is 5.95. The number of halogens is 1. The largest absolute Gasteiger partial charge is 0.347 e. The molecule has 2 spiro atoms. The van der Waals surface area contributed by atoms with Crippen molar-refractivity contribution in [3.05, 3.63) is 112 Å². The molecular formula is C38H39IN6O4. The van der Waals surface area contributed by atoms with Gasteiger partial charge in [0.25, 0.3) is 0 Å². The van der Waals surface area contributed by atoms with Gasteiger partial charge in [-0.3, -0.25) is 15.1 Å². The standard InChI is InChI=1S/C19H19N3O2.C14H16N2O2.C5H4IN/c1-2-14-11-18-16(13-21-22(18)17-3-6-20-7-4-17)10-15(14)12-19(5-1)23-8-9-24-19;1-2-10-7-13-12(9-15-16-13)6-11(10)8-14(3-1)17-4-5-18-14;6-5-1-3-7-4-2-5/h3-4,6-7,10-11,13H,1-2,5,8-9,12H2;6-7,9H,1-5,8H2,(H,15,16);1-4H. The first-order valence-electron chi connectivity index (χ1n) is 17.0. The van der Waals surface area contributed by atoms with E-state index in [1.807, 2.05) is 41.3 Å². The van der Waals surface area contributed by atoms with E-state index in [0.29, 0.717) is 13.2 Å². The minimum atomic E-state index is -0.403. The van der Waals surface area contributed by atoms with Crippen molar-refractivity contribution in [2.75, 3.05) is 26.4 Å². The van der Waals surface area contributed by atoms with Crippen molar-refractivity contribution in [1.82, 2.24) is 29.9 Å². The van der Waals surface area contributed by atoms with Gasteiger partial charge in [-0.15, -0.1) is 0 Å². The molecule has 0 radical (unpaired) electrons. The fraction of sp³-hybridized carbons (Fsp3) is 0.368. The lowest BCUT2D eigenvalue weighted by atomic mass is 9.99. The number of hydrogen-bond acceptors (Lipinski definition) is 8. The number of H-pyrrole nitrogens is 1. The lowest BCUT2D eigenvalue weighted by Crippen LogP contribution is -2.32. The average molecular weight is 771 g/mol. The van der Waals surface area contributed by atoms with Crippen molar-refractivity contribution in [2.45, 2.75) is 62.9 Å². The molecule has 0 amide bonds. The number of nitrogens with zero attached hydrogens (tertiary/aromatic N) is 5. The zero-order valence-corrected chi connectivity index (χ0v) is 29.5. The van der Waals surface area contributed by atoms with Crippen LogP contribution in [0, 0.1) is 3.57 Å². The quantitative estimate of drug-likeness (QED) is 0.180. The van der Waals surface area contributed by atoms with E-state index in [2.05, 4.69) is 72.1 Å². The van der Waals surface area contributed by atoms with Crippen molar-refractivity contribution in [1.29, 1.82) is 0 Å². The van der Waals surface area contributed by atoms with Crippen LogP contribution in [0.2, 0.25) is 0 Å². The van der Waals surface area contributed by atoms with Crippen molar-refractivity contribution >= 4 is 44.4 Å². The van der Waals surface area contributed by atoms with Crippen LogP contribution in [-0.4, -0.2) is 67.9 Å². The highest BCUT2D eigenvalue weighted by Gasteiger charge is 2.39. The molecule has 2 aromatic carbocycles. The molecule has 0 bridgehead atoms. The Bertz CT molecular complexity index is 2020. The third kappa shape index (κ3) is 7.13. The zero-order chi connectivity index (χ0) is 33.1. The van der Waals surface area contributed by atoms with E-state index >= 15 is 0 Å². The summed E-state index contributed by atoms with van der Waals surface area (Å²) in [7, 11) is 0. The number of rotatable bonds is 1. The number of aromatic amines is 1. The predicted octanol–water partition coefficient (Wildman–Crippen LogP) is 6.91. The van der Waals surface area contributed by atoms with E-state index in [1.54, 1.807) is 24.8 Å². The van der Waals surface area contributed by atoms with E-state index in [1.165, 1.54) is 31.2 Å². The van der Waals surface area contributed by atoms with Crippen LogP contribution in [0.25, 0.3) is 27.5 Å². The van der Waals surface area contributed by atoms with Gasteiger partial charge in [-0.05, 0) is 119 Å². The second-order valence-corrected chi connectivity index (χ2v) is 14.2. The summed E-state index contributed by atoms with van der Waals surface area (Å²) in [6, 6.07) is 16.9. The molecule has 11 heteroatoms. The van der Waals surface area contributed by atoms with E-state index in [-0.39, 0.29) is 5.79 Å². The molecule has 6 heterocycles. The zero-order valence-electron chi connectivity index (χ0n) is 27.3. The third-order valence-corrected chi connectivity index (χ3v) is 10.5. The molecular weight excluding hydrogens is 731 g/mol. The Balaban J connectivity index is 0.000000122. The van der Waals surface area contributed by atoms with Gasteiger partial charge in [0.1, 0.15) is 0 Å². The number of benzene rings is 2. The molecule has 0 atom stereocenters. The first-order valence-corrected chi connectivity index (χ1v) is 18.1. The van der Waals surface area contributed by atoms with Gasteiger partial charge in [0.05, 0.1) is 55.5 Å². The molecule has 2 aliphatic carbocycles. The predicted molar refractivity (Wildman–Crippen MR) is 194 cm³/mol. The third-order valence-electron chi connectivity index (χ3n) is 9.75. The number of hydrogen-bond donors (Lipinski definition) is 1. The molecule has 2 aliphatic heterocycles. The van der Waals surface area contributed by atoms with Gasteiger partial charge in [-0.25, -0.2) is 4.68 Å². The SMILES string of the molecule is Ic1ccncc1.c1cc(-n2ncc3cc4c(cc32)CCCC2(C4)OCCO2)ccn1.c1n[nH]c2cc3c(cc12)CC1(CCC3)OCCO1. The van der Waals surface area contributed by atoms with Crippen LogP contribution in [0.5, 0.6) is 0 Å². The van der Waals surface area contributed by atoms with Crippen LogP contribution in [0.4, 0.5) is 0 Å². The van der Waals surface area contributed by atoms with Crippen LogP contribution < -0.4 is 0 Å². The lowest BCUT2D eigenvalue weighted by molar-refractivity contribution is -0.160. The summed E-state index contributed by atoms with van der Waals surface area (Å²) in [5.74, 6) is -0.761. The smallest absolute Gasteiger partial charge is 0.172 e. The second-order valence-electron chi connectivity index (χ2n) is 13.0. The molecule has 0 unspecified atom stereocenters. The maximum atomic E-state index is 5.95. The summed E-state index contributed by atoms with van der Waals surface area (Å²) in [6.07, 6.45) is 19.0. The first-order chi connectivity index (χ1) is 24.1. The number of fused-ring (bicyclic) bond motifs is 4. The summed E-state index contributed by atoms with van der Waals surface area (Å²) >= 11 is 2.24. The highest BCUT2D eigenvalue weighted by Crippen LogP contribution is 2.37. The van der Waals surface area contributed by atoms with Gasteiger partial charge < -0.3 is 18.9 Å². The van der Waals surface area contributed by atoms with E-state index in [0.717, 1.165) is 86.7 Å². The highest BCUT2D eigenvalue weighted by atomic mass is 127. The fourth-order valence-corrected chi connectivity index (χ4v) is 7.73. The maximum Gasteiger partial charge on any atom is 0.172 e. The minimum absolute atomic E-state index is 0.358. The van der Waals surface area contributed by atoms with E-state index in [4.69, 9.17) is 18.9 Å². The van der Waals surface area contributed by atoms with Crippen LogP contribution in [0.3, 0.4) is 0 Å². The Morgan fingerprint density at radius 2 is 1.22 bits per heavy atom. The monoisotopic (exact) mass is 770 g/mol. The second kappa shape index (κ2) is 14.2. The molecule has 10 rings (SSSR count). The number of nitrogens with one attached hydrogen (secondary N) is 1. The molecule has 0 saturated carbocycles. The number of pyridine rings is 2. The Labute approximate surface area is 298 Å². The summed E-state index contributed by atoms with van der Waals surface area (Å²) < 4.78 is 26.9. The van der Waals surface area contributed by atoms with Gasteiger partial charge in [-0.1, -0.05) is 0 Å². The van der Waals surface area contributed by atoms with Crippen molar-refractivity contribution in [3.8, 4) is 5.69 Å². The van der Waals surface area contributed by atoms with Gasteiger partial charge in [0.15, 0.2) is 11.6 Å². The first kappa shape index (κ1) is 32.5. The Kier molecular flexibility index (Phi) is 9.43. The van der Waals surface area contributed by atoms with Crippen LogP contribution in [0.1, 0.15) is 47.9 Å². The van der Waals surface area contributed by atoms with Crippen molar-refractivity contribution in [2.24, 2.45) is 0 Å². The van der Waals surface area contributed by atoms with Gasteiger partial charge >= 0.3 is 0 Å². The molecule has 252 valence electrons. The molecule has 10 nitrogen and oxygen atoms in total. The molecule has 6 aromatic rings. The van der Waals surface area contributed by atoms with Gasteiger partial charge in [-0.2, -0.15) is 10.2 Å². The van der Waals surface area contributed by atoms with Gasteiger partial charge in [0.2, 0.25) is 0 Å². The summed E-state index contributed by atoms with van der Waals surface area (Å²) in [5, 5.41) is 14.0. The van der Waals surface area contributed by atoms with Crippen molar-refractivity contribution < 1.29 is 18.9 Å². The Hall–Kier alpha value is -3.75. The topological polar surface area (TPSA) is 109 Å². The number of aromatic nitrogens is 6. The van der Waals surface area contributed by atoms with E-state index < -0.39 is 5.79 Å². The number of aryl methyl sites for hydroxylation is 2. The molecule has 2 saturated heterocycles. The minimum Gasteiger partial charge on any atom is -0.347 e. The Morgan fingerprint density at radius 3 is 1.82 bits per heavy atom. The number of ether oxygens (including phenoxy) is 4. The fourth-order valence-electron chi connectivity index (χ4n) is 7.41. The van der Waals surface area contributed by atoms with Gasteiger partial charge in [0, 0.05) is 64.8 Å². The van der Waals surface area contributed by atoms with Crippen molar-refractivity contribution in [3.63, 3.8) is 0 Å².